The van der Waals surface area contributed by atoms with Gasteiger partial charge >= 0.3 is 0 Å². The van der Waals surface area contributed by atoms with Crippen molar-refractivity contribution in [2.45, 2.75) is 71.4 Å². The number of aryl methyl sites for hydroxylation is 1. The maximum Gasteiger partial charge on any atom is 0.108 e. The molecule has 1 aromatic rings. The van der Waals surface area contributed by atoms with Crippen LogP contribution in [0.25, 0.3) is 0 Å². The first kappa shape index (κ1) is 16.1. The van der Waals surface area contributed by atoms with Crippen LogP contribution in [0.3, 0.4) is 0 Å². The van der Waals surface area contributed by atoms with E-state index in [1.165, 1.54) is 68.3 Å². The molecule has 0 saturated heterocycles. The number of anilines is 1. The fourth-order valence-corrected chi connectivity index (χ4v) is 5.61. The molecule has 1 aromatic carbocycles. The van der Waals surface area contributed by atoms with Gasteiger partial charge in [0.1, 0.15) is 6.17 Å². The van der Waals surface area contributed by atoms with Crippen LogP contribution < -0.4 is 4.90 Å². The molecule has 2 nitrogen and oxygen atoms in total. The molecule has 0 spiro atoms. The van der Waals surface area contributed by atoms with Crippen molar-refractivity contribution in [3.63, 3.8) is 0 Å². The minimum absolute atomic E-state index is 0.532. The molecule has 24 heavy (non-hydrogen) atoms. The monoisotopic (exact) mass is 324 g/mol. The average molecular weight is 325 g/mol. The molecule has 130 valence electrons. The van der Waals surface area contributed by atoms with E-state index in [0.717, 1.165) is 11.8 Å². The first-order chi connectivity index (χ1) is 11.7. The molecule has 3 aliphatic rings. The molecule has 1 aliphatic heterocycles. The summed E-state index contributed by atoms with van der Waals surface area (Å²) in [6.07, 6.45) is 11.7. The third kappa shape index (κ3) is 2.55. The van der Waals surface area contributed by atoms with Crippen LogP contribution in [0.2, 0.25) is 0 Å². The quantitative estimate of drug-likeness (QED) is 0.705. The highest BCUT2D eigenvalue weighted by Crippen LogP contribution is 2.46. The van der Waals surface area contributed by atoms with Crippen LogP contribution in [0.15, 0.2) is 35.7 Å². The van der Waals surface area contributed by atoms with Gasteiger partial charge in [0, 0.05) is 30.0 Å². The van der Waals surface area contributed by atoms with Gasteiger partial charge in [-0.05, 0) is 57.1 Å². The van der Waals surface area contributed by atoms with Crippen molar-refractivity contribution >= 4 is 5.69 Å². The molecule has 0 bridgehead atoms. The highest BCUT2D eigenvalue weighted by atomic mass is 15.4. The Morgan fingerprint density at radius 3 is 2.17 bits per heavy atom. The maximum absolute atomic E-state index is 2.69. The van der Waals surface area contributed by atoms with E-state index in [9.17, 15) is 0 Å². The Hall–Kier alpha value is -1.44. The Labute approximate surface area is 147 Å². The summed E-state index contributed by atoms with van der Waals surface area (Å²) in [5.74, 6) is 1.59. The summed E-state index contributed by atoms with van der Waals surface area (Å²) in [4.78, 5) is 5.37. The predicted octanol–water partition coefficient (Wildman–Crippen LogP) is 5.68. The van der Waals surface area contributed by atoms with Gasteiger partial charge < -0.3 is 9.80 Å². The Balaban J connectivity index is 1.77. The molecule has 1 unspecified atom stereocenters. The number of hydrogen-bond donors (Lipinski definition) is 0. The summed E-state index contributed by atoms with van der Waals surface area (Å²) >= 11 is 0. The fourth-order valence-electron chi connectivity index (χ4n) is 5.61. The zero-order chi connectivity index (χ0) is 16.7. The molecular weight excluding hydrogens is 292 g/mol. The lowest BCUT2D eigenvalue weighted by atomic mass is 10.00. The zero-order valence-corrected chi connectivity index (χ0v) is 15.6. The lowest BCUT2D eigenvalue weighted by Crippen LogP contribution is -2.44. The summed E-state index contributed by atoms with van der Waals surface area (Å²) in [5.41, 5.74) is 6.00. The van der Waals surface area contributed by atoms with Crippen LogP contribution in [0.1, 0.15) is 63.9 Å². The molecule has 2 aliphatic carbocycles. The third-order valence-electron chi connectivity index (χ3n) is 6.71. The van der Waals surface area contributed by atoms with E-state index in [-0.39, 0.29) is 0 Å². The van der Waals surface area contributed by atoms with Gasteiger partial charge in [0.25, 0.3) is 0 Å². The third-order valence-corrected chi connectivity index (χ3v) is 6.71. The second-order valence-electron chi connectivity index (χ2n) is 8.18. The number of nitrogens with zero attached hydrogens (tertiary/aromatic N) is 2. The van der Waals surface area contributed by atoms with Gasteiger partial charge in [-0.15, -0.1) is 0 Å². The molecular formula is C22H32N2. The second kappa shape index (κ2) is 6.46. The molecule has 1 heterocycles. The van der Waals surface area contributed by atoms with E-state index >= 15 is 0 Å². The summed E-state index contributed by atoms with van der Waals surface area (Å²) < 4.78 is 0. The Kier molecular flexibility index (Phi) is 4.32. The topological polar surface area (TPSA) is 6.48 Å². The van der Waals surface area contributed by atoms with E-state index < -0.39 is 0 Å². The molecule has 0 aromatic heterocycles. The number of hydrogen-bond acceptors (Lipinski definition) is 2. The number of para-hydroxylation sites is 1. The van der Waals surface area contributed by atoms with E-state index in [1.807, 2.05) is 0 Å². The van der Waals surface area contributed by atoms with Crippen LogP contribution in [-0.2, 0) is 0 Å². The van der Waals surface area contributed by atoms with Crippen molar-refractivity contribution in [1.82, 2.24) is 4.90 Å². The smallest absolute Gasteiger partial charge is 0.108 e. The van der Waals surface area contributed by atoms with E-state index in [4.69, 9.17) is 0 Å². The minimum Gasteiger partial charge on any atom is -0.355 e. The van der Waals surface area contributed by atoms with E-state index in [0.29, 0.717) is 6.17 Å². The summed E-state index contributed by atoms with van der Waals surface area (Å²) in [6.45, 7) is 4.65. The zero-order valence-electron chi connectivity index (χ0n) is 15.6. The first-order valence-corrected chi connectivity index (χ1v) is 9.97. The highest BCUT2D eigenvalue weighted by Gasteiger charge is 2.43. The van der Waals surface area contributed by atoms with Gasteiger partial charge in [0.2, 0.25) is 0 Å². The van der Waals surface area contributed by atoms with Crippen molar-refractivity contribution in [2.24, 2.45) is 11.8 Å². The molecule has 2 heteroatoms. The second-order valence-corrected chi connectivity index (χ2v) is 8.18. The normalized spacial score (nSPS) is 26.2. The average Bonchev–Trinajstić information content (AvgIpc) is 3.29. The van der Waals surface area contributed by atoms with Gasteiger partial charge in [-0.2, -0.15) is 0 Å². The lowest BCUT2D eigenvalue weighted by molar-refractivity contribution is 0.225. The minimum atomic E-state index is 0.532. The number of benzene rings is 1. The standard InChI is InChI=1S/C22H32N2/c1-16-10-4-9-15-20(16)24-17(2)21(18-11-5-6-12-18)23(3)22(24)19-13-7-8-14-19/h4,9-10,15,18-19,22H,5-8,11-14H2,1-3H3. The van der Waals surface area contributed by atoms with Crippen LogP contribution in [0.5, 0.6) is 0 Å². The number of allylic oxidation sites excluding steroid dienone is 2. The highest BCUT2D eigenvalue weighted by molar-refractivity contribution is 5.61. The first-order valence-electron chi connectivity index (χ1n) is 9.97. The number of rotatable bonds is 3. The largest absolute Gasteiger partial charge is 0.355 e. The van der Waals surface area contributed by atoms with Gasteiger partial charge in [-0.3, -0.25) is 0 Å². The fraction of sp³-hybridized carbons (Fsp3) is 0.636. The van der Waals surface area contributed by atoms with Crippen LogP contribution >= 0.6 is 0 Å². The summed E-state index contributed by atoms with van der Waals surface area (Å²) in [7, 11) is 2.37. The lowest BCUT2D eigenvalue weighted by Gasteiger charge is -2.38. The van der Waals surface area contributed by atoms with Crippen molar-refractivity contribution in [3.05, 3.63) is 41.2 Å². The summed E-state index contributed by atoms with van der Waals surface area (Å²) in [5, 5.41) is 0. The van der Waals surface area contributed by atoms with Gasteiger partial charge in [0.15, 0.2) is 0 Å². The van der Waals surface area contributed by atoms with Crippen molar-refractivity contribution in [1.29, 1.82) is 0 Å². The molecule has 0 amide bonds. The molecule has 2 saturated carbocycles. The predicted molar refractivity (Wildman–Crippen MR) is 102 cm³/mol. The van der Waals surface area contributed by atoms with Gasteiger partial charge in [-0.1, -0.05) is 43.9 Å². The SMILES string of the molecule is CC1=C(C2CCCC2)N(C)C(C2CCCC2)N1c1ccccc1C. The van der Waals surface area contributed by atoms with Gasteiger partial charge in [0.05, 0.1) is 0 Å². The molecule has 4 rings (SSSR count). The molecule has 1 atom stereocenters. The van der Waals surface area contributed by atoms with Crippen LogP contribution in [0.4, 0.5) is 5.69 Å². The molecule has 0 N–H and O–H groups in total. The molecule has 0 radical (unpaired) electrons. The maximum atomic E-state index is 2.69. The van der Waals surface area contributed by atoms with Gasteiger partial charge in [-0.25, -0.2) is 0 Å². The Bertz CT molecular complexity index is 621. The van der Waals surface area contributed by atoms with Crippen LogP contribution in [0, 0.1) is 18.8 Å². The van der Waals surface area contributed by atoms with E-state index in [2.05, 4.69) is 55.0 Å². The molecule has 2 fully saturated rings. The van der Waals surface area contributed by atoms with Crippen molar-refractivity contribution in [3.8, 4) is 0 Å². The van der Waals surface area contributed by atoms with E-state index in [1.54, 1.807) is 5.70 Å². The van der Waals surface area contributed by atoms with Crippen LogP contribution in [-0.4, -0.2) is 18.1 Å². The Morgan fingerprint density at radius 1 is 0.875 bits per heavy atom. The van der Waals surface area contributed by atoms with Crippen molar-refractivity contribution in [2.75, 3.05) is 11.9 Å². The van der Waals surface area contributed by atoms with Crippen molar-refractivity contribution < 1.29 is 0 Å². The summed E-state index contributed by atoms with van der Waals surface area (Å²) in [6, 6.07) is 8.96. The Morgan fingerprint density at radius 2 is 1.50 bits per heavy atom.